The van der Waals surface area contributed by atoms with E-state index in [0.717, 1.165) is 29.9 Å². The molecule has 0 aliphatic carbocycles. The Morgan fingerprint density at radius 2 is 1.67 bits per heavy atom. The number of furan rings is 1. The van der Waals surface area contributed by atoms with Crippen LogP contribution in [-0.4, -0.2) is 25.3 Å². The SMILES string of the molecule is CCCCCCc1oc(C(C)C)c(C(=O)C(OCC)OCC)c1C. The third-order valence-electron chi connectivity index (χ3n) is 4.15. The molecule has 0 spiro atoms. The van der Waals surface area contributed by atoms with Crippen LogP contribution in [0, 0.1) is 6.92 Å². The highest BCUT2D eigenvalue weighted by atomic mass is 16.7. The average molecular weight is 338 g/mol. The van der Waals surface area contributed by atoms with E-state index >= 15 is 0 Å². The number of ether oxygens (including phenoxy) is 2. The molecule has 1 rings (SSSR count). The second-order valence-corrected chi connectivity index (χ2v) is 6.46. The molecule has 0 amide bonds. The zero-order valence-corrected chi connectivity index (χ0v) is 16.2. The van der Waals surface area contributed by atoms with Crippen LogP contribution in [0.25, 0.3) is 0 Å². The van der Waals surface area contributed by atoms with Gasteiger partial charge in [-0.1, -0.05) is 40.0 Å². The molecule has 0 aliphatic rings. The standard InChI is InChI=1S/C20H34O4/c1-7-10-11-12-13-16-15(6)17(19(24-16)14(4)5)18(21)20(22-8-2)23-9-3/h14,20H,7-13H2,1-6H3. The van der Waals surface area contributed by atoms with Crippen molar-refractivity contribution in [1.82, 2.24) is 0 Å². The van der Waals surface area contributed by atoms with Gasteiger partial charge < -0.3 is 13.9 Å². The molecule has 4 heteroatoms. The number of ketones is 1. The van der Waals surface area contributed by atoms with Gasteiger partial charge in [0.2, 0.25) is 12.1 Å². The average Bonchev–Trinajstić information content (AvgIpc) is 2.88. The third-order valence-corrected chi connectivity index (χ3v) is 4.15. The van der Waals surface area contributed by atoms with Gasteiger partial charge in [0, 0.05) is 31.1 Å². The lowest BCUT2D eigenvalue weighted by atomic mass is 9.98. The number of Topliss-reactive ketones (excluding diaryl/α,β-unsaturated/α-hetero) is 1. The minimum absolute atomic E-state index is 0.122. The van der Waals surface area contributed by atoms with E-state index in [2.05, 4.69) is 6.92 Å². The zero-order chi connectivity index (χ0) is 18.1. The molecule has 0 aromatic carbocycles. The molecule has 0 N–H and O–H groups in total. The molecule has 1 aromatic rings. The van der Waals surface area contributed by atoms with Crippen molar-refractivity contribution in [3.8, 4) is 0 Å². The molecule has 0 fully saturated rings. The number of hydrogen-bond acceptors (Lipinski definition) is 4. The molecule has 1 heterocycles. The van der Waals surface area contributed by atoms with Crippen molar-refractivity contribution in [3.63, 3.8) is 0 Å². The van der Waals surface area contributed by atoms with Crippen LogP contribution in [0.2, 0.25) is 0 Å². The van der Waals surface area contributed by atoms with Crippen LogP contribution in [0.3, 0.4) is 0 Å². The first-order chi connectivity index (χ1) is 11.5. The molecule has 0 bridgehead atoms. The van der Waals surface area contributed by atoms with Crippen molar-refractivity contribution in [1.29, 1.82) is 0 Å². The van der Waals surface area contributed by atoms with E-state index in [9.17, 15) is 4.79 Å². The van der Waals surface area contributed by atoms with Crippen LogP contribution in [-0.2, 0) is 15.9 Å². The van der Waals surface area contributed by atoms with Crippen LogP contribution in [0.4, 0.5) is 0 Å². The van der Waals surface area contributed by atoms with Crippen molar-refractivity contribution >= 4 is 5.78 Å². The highest BCUT2D eigenvalue weighted by Crippen LogP contribution is 2.31. The van der Waals surface area contributed by atoms with E-state index in [4.69, 9.17) is 13.9 Å². The number of carbonyl (C=O) groups is 1. The predicted octanol–water partition coefficient (Wildman–Crippen LogP) is 5.42. The number of carbonyl (C=O) groups excluding carboxylic acids is 1. The maximum Gasteiger partial charge on any atom is 0.222 e. The van der Waals surface area contributed by atoms with Gasteiger partial charge in [-0.15, -0.1) is 0 Å². The topological polar surface area (TPSA) is 48.7 Å². The fraction of sp³-hybridized carbons (Fsp3) is 0.750. The van der Waals surface area contributed by atoms with Crippen molar-refractivity contribution < 1.29 is 18.7 Å². The van der Waals surface area contributed by atoms with Gasteiger partial charge in [0.1, 0.15) is 11.5 Å². The monoisotopic (exact) mass is 338 g/mol. The van der Waals surface area contributed by atoms with Crippen LogP contribution < -0.4 is 0 Å². The van der Waals surface area contributed by atoms with Gasteiger partial charge in [0.25, 0.3) is 0 Å². The van der Waals surface area contributed by atoms with Gasteiger partial charge in [-0.25, -0.2) is 0 Å². The summed E-state index contributed by atoms with van der Waals surface area (Å²) in [5.41, 5.74) is 1.60. The first-order valence-corrected chi connectivity index (χ1v) is 9.37. The first-order valence-electron chi connectivity index (χ1n) is 9.37. The molecule has 0 saturated carbocycles. The second kappa shape index (κ2) is 10.7. The Morgan fingerprint density at radius 1 is 1.04 bits per heavy atom. The predicted molar refractivity (Wildman–Crippen MR) is 96.8 cm³/mol. The quantitative estimate of drug-likeness (QED) is 0.290. The van der Waals surface area contributed by atoms with Crippen molar-refractivity contribution in [2.45, 2.75) is 85.9 Å². The Kier molecular flexibility index (Phi) is 9.30. The fourth-order valence-electron chi connectivity index (χ4n) is 2.87. The van der Waals surface area contributed by atoms with Crippen LogP contribution in [0.5, 0.6) is 0 Å². The molecule has 0 saturated heterocycles. The molecule has 0 unspecified atom stereocenters. The number of aryl methyl sites for hydroxylation is 1. The van der Waals surface area contributed by atoms with Crippen LogP contribution >= 0.6 is 0 Å². The minimum atomic E-state index is -0.846. The number of hydrogen-bond donors (Lipinski definition) is 0. The largest absolute Gasteiger partial charge is 0.465 e. The zero-order valence-electron chi connectivity index (χ0n) is 16.2. The Bertz CT molecular complexity index is 496. The molecule has 1 aromatic heterocycles. The maximum atomic E-state index is 13.0. The lowest BCUT2D eigenvalue weighted by Gasteiger charge is -2.16. The molecular weight excluding hydrogens is 304 g/mol. The summed E-state index contributed by atoms with van der Waals surface area (Å²) >= 11 is 0. The Balaban J connectivity index is 3.06. The summed E-state index contributed by atoms with van der Waals surface area (Å²) in [6.07, 6.45) is 4.77. The van der Waals surface area contributed by atoms with Crippen molar-refractivity contribution in [3.05, 3.63) is 22.6 Å². The molecule has 24 heavy (non-hydrogen) atoms. The van der Waals surface area contributed by atoms with Crippen molar-refractivity contribution in [2.24, 2.45) is 0 Å². The van der Waals surface area contributed by atoms with Gasteiger partial charge in [0.15, 0.2) is 0 Å². The number of rotatable bonds is 12. The van der Waals surface area contributed by atoms with Gasteiger partial charge >= 0.3 is 0 Å². The van der Waals surface area contributed by atoms with E-state index in [1.165, 1.54) is 19.3 Å². The molecule has 4 nitrogen and oxygen atoms in total. The lowest BCUT2D eigenvalue weighted by molar-refractivity contribution is -0.107. The highest BCUT2D eigenvalue weighted by molar-refractivity contribution is 6.01. The van der Waals surface area contributed by atoms with E-state index in [1.807, 2.05) is 34.6 Å². The maximum absolute atomic E-state index is 13.0. The summed E-state index contributed by atoms with van der Waals surface area (Å²) in [5, 5.41) is 0. The Labute approximate surface area is 146 Å². The van der Waals surface area contributed by atoms with Crippen molar-refractivity contribution in [2.75, 3.05) is 13.2 Å². The first kappa shape index (κ1) is 20.9. The van der Waals surface area contributed by atoms with Gasteiger partial charge in [-0.2, -0.15) is 0 Å². The molecule has 0 radical (unpaired) electrons. The van der Waals surface area contributed by atoms with E-state index in [1.54, 1.807) is 0 Å². The van der Waals surface area contributed by atoms with E-state index in [0.29, 0.717) is 18.8 Å². The fourth-order valence-corrected chi connectivity index (χ4v) is 2.87. The Morgan fingerprint density at radius 3 is 2.17 bits per heavy atom. The van der Waals surface area contributed by atoms with Gasteiger partial charge in [0.05, 0.1) is 5.56 Å². The number of unbranched alkanes of at least 4 members (excludes halogenated alkanes) is 3. The van der Waals surface area contributed by atoms with Crippen LogP contribution in [0.15, 0.2) is 4.42 Å². The van der Waals surface area contributed by atoms with Gasteiger partial charge in [-0.3, -0.25) is 4.79 Å². The van der Waals surface area contributed by atoms with E-state index in [-0.39, 0.29) is 11.7 Å². The summed E-state index contributed by atoms with van der Waals surface area (Å²) in [6, 6.07) is 0. The van der Waals surface area contributed by atoms with E-state index < -0.39 is 6.29 Å². The van der Waals surface area contributed by atoms with Crippen LogP contribution in [0.1, 0.15) is 93.7 Å². The lowest BCUT2D eigenvalue weighted by Crippen LogP contribution is -2.28. The third kappa shape index (κ3) is 5.45. The molecule has 0 aliphatic heterocycles. The molecule has 138 valence electrons. The molecule has 0 atom stereocenters. The Hall–Kier alpha value is -1.13. The summed E-state index contributed by atoms with van der Waals surface area (Å²) in [7, 11) is 0. The highest BCUT2D eigenvalue weighted by Gasteiger charge is 2.30. The van der Waals surface area contributed by atoms with Gasteiger partial charge in [-0.05, 0) is 27.2 Å². The summed E-state index contributed by atoms with van der Waals surface area (Å²) in [5.74, 6) is 1.72. The summed E-state index contributed by atoms with van der Waals surface area (Å²) in [6.45, 7) is 12.9. The normalized spacial score (nSPS) is 11.7. The summed E-state index contributed by atoms with van der Waals surface area (Å²) < 4.78 is 17.1. The molecular formula is C20H34O4. The second-order valence-electron chi connectivity index (χ2n) is 6.46. The minimum Gasteiger partial charge on any atom is -0.465 e. The smallest absolute Gasteiger partial charge is 0.222 e. The summed E-state index contributed by atoms with van der Waals surface area (Å²) in [4.78, 5) is 13.0.